The highest BCUT2D eigenvalue weighted by Gasteiger charge is 2.55. The lowest BCUT2D eigenvalue weighted by Gasteiger charge is -2.59. The van der Waals surface area contributed by atoms with E-state index in [0.717, 1.165) is 73.9 Å². The molecule has 2 saturated carbocycles. The summed E-state index contributed by atoms with van der Waals surface area (Å²) in [5.41, 5.74) is 4.10. The van der Waals surface area contributed by atoms with Crippen molar-refractivity contribution in [2.24, 2.45) is 18.4 Å². The van der Waals surface area contributed by atoms with E-state index in [1.54, 1.807) is 61.0 Å². The van der Waals surface area contributed by atoms with Gasteiger partial charge in [-0.25, -0.2) is 14.8 Å². The number of nitrogens with one attached hydrogen (secondary N) is 2. The molecule has 1 aromatic carbocycles. The van der Waals surface area contributed by atoms with E-state index in [1.807, 2.05) is 30.3 Å². The Kier molecular flexibility index (Phi) is 8.47. The predicted molar refractivity (Wildman–Crippen MR) is 210 cm³/mol. The first-order valence-electron chi connectivity index (χ1n) is 19.3. The monoisotopic (exact) mass is 759 g/mol. The summed E-state index contributed by atoms with van der Waals surface area (Å²) in [6.45, 7) is 1.54. The number of anilines is 4. The predicted octanol–water partition coefficient (Wildman–Crippen LogP) is 3.90. The van der Waals surface area contributed by atoms with Gasteiger partial charge in [0.15, 0.2) is 0 Å². The number of aryl methyl sites for hydroxylation is 1. The highest BCUT2D eigenvalue weighted by atomic mass is 16.2. The Balaban J connectivity index is 0.843. The van der Waals surface area contributed by atoms with Crippen LogP contribution in [-0.2, 0) is 21.4 Å². The molecular formula is C40H45N11O5. The van der Waals surface area contributed by atoms with Gasteiger partial charge < -0.3 is 24.6 Å². The summed E-state index contributed by atoms with van der Waals surface area (Å²) in [5, 5.41) is 6.38. The summed E-state index contributed by atoms with van der Waals surface area (Å²) in [4.78, 5) is 83.9. The number of carbonyl (C=O) groups excluding carboxylic acids is 4. The fourth-order valence-electron chi connectivity index (χ4n) is 9.42. The lowest BCUT2D eigenvalue weighted by molar-refractivity contribution is -0.135. The summed E-state index contributed by atoms with van der Waals surface area (Å²) in [7, 11) is 7.00. The Morgan fingerprint density at radius 3 is 2.41 bits per heavy atom. The van der Waals surface area contributed by atoms with Gasteiger partial charge in [-0.05, 0) is 62.4 Å². The molecule has 0 unspecified atom stereocenters. The lowest BCUT2D eigenvalue weighted by atomic mass is 9.57. The maximum absolute atomic E-state index is 13.6. The molecule has 2 N–H and O–H groups in total. The summed E-state index contributed by atoms with van der Waals surface area (Å²) in [5.74, 6) is 0.0261. The van der Waals surface area contributed by atoms with Crippen molar-refractivity contribution in [1.82, 2.24) is 38.9 Å². The van der Waals surface area contributed by atoms with E-state index in [9.17, 15) is 24.0 Å². The first-order chi connectivity index (χ1) is 26.9. The molecule has 2 aliphatic carbocycles. The summed E-state index contributed by atoms with van der Waals surface area (Å²) in [6, 6.07) is 10.7. The van der Waals surface area contributed by atoms with Gasteiger partial charge in [-0.2, -0.15) is 4.98 Å². The maximum atomic E-state index is 13.6. The van der Waals surface area contributed by atoms with Crippen LogP contribution in [0, 0.1) is 11.3 Å². The van der Waals surface area contributed by atoms with Crippen LogP contribution < -0.4 is 26.1 Å². The molecule has 56 heavy (non-hydrogen) atoms. The largest absolute Gasteiger partial charge is 0.369 e. The average molecular weight is 760 g/mol. The smallest absolute Gasteiger partial charge is 0.329 e. The number of piperidine rings is 1. The fraction of sp³-hybridized carbons (Fsp3) is 0.450. The Labute approximate surface area is 322 Å². The van der Waals surface area contributed by atoms with Gasteiger partial charge >= 0.3 is 5.69 Å². The van der Waals surface area contributed by atoms with Gasteiger partial charge in [-0.1, -0.05) is 18.9 Å². The number of benzene rings is 1. The third-order valence-electron chi connectivity index (χ3n) is 12.3. The van der Waals surface area contributed by atoms with Crippen molar-refractivity contribution < 1.29 is 19.2 Å². The molecule has 16 nitrogen and oxygen atoms in total. The van der Waals surface area contributed by atoms with Crippen molar-refractivity contribution in [2.45, 2.75) is 63.5 Å². The van der Waals surface area contributed by atoms with Crippen LogP contribution in [0.2, 0.25) is 0 Å². The van der Waals surface area contributed by atoms with Gasteiger partial charge in [-0.3, -0.25) is 33.6 Å². The minimum atomic E-state index is -0.737. The molecule has 0 radical (unpaired) electrons. The first-order valence-corrected chi connectivity index (χ1v) is 19.3. The molecule has 0 bridgehead atoms. The summed E-state index contributed by atoms with van der Waals surface area (Å²) >= 11 is 0. The molecule has 4 fully saturated rings. The highest BCUT2D eigenvalue weighted by molar-refractivity contribution is 6.01. The zero-order chi connectivity index (χ0) is 39.0. The van der Waals surface area contributed by atoms with Crippen LogP contribution in [0.5, 0.6) is 0 Å². The molecule has 4 aliphatic rings. The van der Waals surface area contributed by atoms with Crippen LogP contribution in [0.25, 0.3) is 22.1 Å². The lowest BCUT2D eigenvalue weighted by Crippen LogP contribution is -2.64. The topological polar surface area (TPSA) is 173 Å². The number of nitrogens with zero attached hydrogens (tertiary/aromatic N) is 9. The standard InChI is InChI=1S/C40H45N11O5/c1-46(2)37(55)30-16-23-19-42-38(45-34(23)50(30)25-8-5-6-9-25)43-31-14-12-26(20-41-31)47(3)36(54)24-17-40(18-24)21-49(22-40)27-10-7-11-28-33(27)48(4)39(56)51(28)29-13-15-32(52)44-35(29)53/h7,10-12,14,16,19-20,24-25,29H,5-6,8-9,13,15,17-18,21-22H2,1-4H3,(H,44,52,53)(H,41,42,43,45)/t29-/m0/s1. The van der Waals surface area contributed by atoms with Crippen LogP contribution in [0.4, 0.5) is 23.1 Å². The molecule has 16 heteroatoms. The van der Waals surface area contributed by atoms with E-state index >= 15 is 0 Å². The zero-order valence-electron chi connectivity index (χ0n) is 32.0. The number of pyridine rings is 1. The van der Waals surface area contributed by atoms with Crippen LogP contribution in [0.1, 0.15) is 73.9 Å². The van der Waals surface area contributed by atoms with E-state index in [0.29, 0.717) is 28.7 Å². The summed E-state index contributed by atoms with van der Waals surface area (Å²) in [6.07, 6.45) is 9.68. The fourth-order valence-corrected chi connectivity index (χ4v) is 9.42. The molecule has 2 saturated heterocycles. The van der Waals surface area contributed by atoms with Crippen LogP contribution in [0.15, 0.2) is 53.6 Å². The number of aromatic nitrogens is 6. The molecule has 9 rings (SSSR count). The van der Waals surface area contributed by atoms with Crippen molar-refractivity contribution in [3.63, 3.8) is 0 Å². The third kappa shape index (κ3) is 5.80. The SMILES string of the molecule is CN(C)C(=O)c1cc2cnc(Nc3ccc(N(C)C(=O)C4CC5(C4)CN(c4cccc6c4n(C)c(=O)n6[C@H]4CCC(=O)NC4=O)C5)cn3)nc2n1C1CCCC1. The Morgan fingerprint density at radius 2 is 1.71 bits per heavy atom. The maximum Gasteiger partial charge on any atom is 0.329 e. The second kappa shape index (κ2) is 13.3. The quantitative estimate of drug-likeness (QED) is 0.221. The molecule has 1 atom stereocenters. The van der Waals surface area contributed by atoms with Crippen LogP contribution in [-0.4, -0.2) is 91.4 Å². The van der Waals surface area contributed by atoms with Crippen molar-refractivity contribution in [3.05, 3.63) is 65.0 Å². The number of fused-ring (bicyclic) bond motifs is 2. The second-order valence-corrected chi connectivity index (χ2v) is 16.2. The number of carbonyl (C=O) groups is 4. The molecule has 6 heterocycles. The Morgan fingerprint density at radius 1 is 0.946 bits per heavy atom. The zero-order valence-corrected chi connectivity index (χ0v) is 32.0. The Bertz CT molecular complexity index is 2480. The second-order valence-electron chi connectivity index (χ2n) is 16.2. The third-order valence-corrected chi connectivity index (χ3v) is 12.3. The average Bonchev–Trinajstić information content (AvgIpc) is 3.87. The number of rotatable bonds is 8. The molecule has 4 aromatic heterocycles. The highest BCUT2D eigenvalue weighted by Crippen LogP contribution is 2.54. The minimum Gasteiger partial charge on any atom is -0.369 e. The first kappa shape index (κ1) is 35.6. The van der Waals surface area contributed by atoms with Crippen molar-refractivity contribution in [1.29, 1.82) is 0 Å². The van der Waals surface area contributed by atoms with Gasteiger partial charge in [0, 0.05) is 76.7 Å². The van der Waals surface area contributed by atoms with Crippen molar-refractivity contribution in [3.8, 4) is 0 Å². The van der Waals surface area contributed by atoms with Crippen LogP contribution in [0.3, 0.4) is 0 Å². The van der Waals surface area contributed by atoms with Crippen molar-refractivity contribution in [2.75, 3.05) is 49.3 Å². The number of amides is 4. The molecule has 4 amide bonds. The number of hydrogen-bond donors (Lipinski definition) is 2. The van der Waals surface area contributed by atoms with Gasteiger partial charge in [-0.15, -0.1) is 0 Å². The molecule has 290 valence electrons. The van der Waals surface area contributed by atoms with E-state index in [-0.39, 0.29) is 53.6 Å². The molecule has 5 aromatic rings. The van der Waals surface area contributed by atoms with Crippen molar-refractivity contribution >= 4 is 68.8 Å². The molecule has 2 aliphatic heterocycles. The van der Waals surface area contributed by atoms with E-state index in [2.05, 4.69) is 30.1 Å². The van der Waals surface area contributed by atoms with E-state index in [4.69, 9.17) is 4.98 Å². The molecular weight excluding hydrogens is 715 g/mol. The van der Waals surface area contributed by atoms with Crippen LogP contribution >= 0.6 is 0 Å². The number of hydrogen-bond acceptors (Lipinski definition) is 10. The normalized spacial score (nSPS) is 19.6. The van der Waals surface area contributed by atoms with Gasteiger partial charge in [0.25, 0.3) is 5.91 Å². The van der Waals surface area contributed by atoms with Gasteiger partial charge in [0.1, 0.15) is 23.2 Å². The van der Waals surface area contributed by atoms with E-state index < -0.39 is 11.9 Å². The summed E-state index contributed by atoms with van der Waals surface area (Å²) < 4.78 is 5.17. The minimum absolute atomic E-state index is 0.0274. The van der Waals surface area contributed by atoms with Gasteiger partial charge in [0.2, 0.25) is 23.7 Å². The van der Waals surface area contributed by atoms with Gasteiger partial charge in [0.05, 0.1) is 28.6 Å². The number of imide groups is 1. The molecule has 1 spiro atoms. The number of imidazole rings is 1. The number of para-hydroxylation sites is 1. The Hall–Kier alpha value is -6.06. The van der Waals surface area contributed by atoms with E-state index in [1.165, 1.54) is 4.57 Å².